The molecule has 1 aliphatic heterocycles. The van der Waals surface area contributed by atoms with Gasteiger partial charge in [-0.05, 0) is 33.7 Å². The topological polar surface area (TPSA) is 9.23 Å². The third-order valence-electron chi connectivity index (χ3n) is 5.01. The van der Waals surface area contributed by atoms with Crippen LogP contribution in [0.4, 0.5) is 13.2 Å². The van der Waals surface area contributed by atoms with Gasteiger partial charge in [-0.1, -0.05) is 54.6 Å². The van der Waals surface area contributed by atoms with Gasteiger partial charge in [0.2, 0.25) is 0 Å². The molecule has 0 radical (unpaired) electrons. The molecule has 0 saturated heterocycles. The van der Waals surface area contributed by atoms with E-state index in [1.807, 2.05) is 24.3 Å². The highest BCUT2D eigenvalue weighted by atomic mass is 19.4. The Hall–Kier alpha value is -2.75. The molecule has 4 heteroatoms. The van der Waals surface area contributed by atoms with Crippen LogP contribution in [0.5, 0.6) is 5.75 Å². The Morgan fingerprint density at radius 2 is 1.64 bits per heavy atom. The van der Waals surface area contributed by atoms with Crippen molar-refractivity contribution in [1.82, 2.24) is 0 Å². The maximum Gasteiger partial charge on any atom is 0.399 e. The molecule has 0 bridgehead atoms. The number of rotatable bonds is 0. The molecule has 0 N–H and O–H groups in total. The smallest absolute Gasteiger partial charge is 0.399 e. The van der Waals surface area contributed by atoms with Gasteiger partial charge in [-0.15, -0.1) is 0 Å². The number of ether oxygens (including phenoxy) is 1. The lowest BCUT2D eigenvalue weighted by atomic mass is 9.88. The summed E-state index contributed by atoms with van der Waals surface area (Å²) in [4.78, 5) is 0. The molecule has 1 nitrogen and oxygen atoms in total. The van der Waals surface area contributed by atoms with Crippen LogP contribution in [0.1, 0.15) is 22.6 Å². The fraction of sp³-hybridized carbons (Fsp3) is 0.143. The van der Waals surface area contributed by atoms with Crippen LogP contribution < -0.4 is 4.74 Å². The number of fused-ring (bicyclic) bond motifs is 8. The first kappa shape index (κ1) is 14.6. The second-order valence-electron chi connectivity index (χ2n) is 6.35. The van der Waals surface area contributed by atoms with Crippen LogP contribution in [0.25, 0.3) is 28.0 Å². The summed E-state index contributed by atoms with van der Waals surface area (Å²) in [7, 11) is 0. The lowest BCUT2D eigenvalue weighted by Gasteiger charge is -2.24. The summed E-state index contributed by atoms with van der Waals surface area (Å²) < 4.78 is 47.8. The first-order valence-electron chi connectivity index (χ1n) is 8.11. The highest BCUT2D eigenvalue weighted by Gasteiger charge is 2.49. The average Bonchev–Trinajstić information content (AvgIpc) is 2.98. The molecule has 1 heterocycles. The predicted molar refractivity (Wildman–Crippen MR) is 91.8 cm³/mol. The summed E-state index contributed by atoms with van der Waals surface area (Å²) >= 11 is 0. The van der Waals surface area contributed by atoms with Crippen LogP contribution in [-0.4, -0.2) is 12.8 Å². The molecular weight excluding hydrogens is 325 g/mol. The van der Waals surface area contributed by atoms with E-state index >= 15 is 0 Å². The average molecular weight is 338 g/mol. The van der Waals surface area contributed by atoms with E-state index in [2.05, 4.69) is 0 Å². The molecule has 0 amide bonds. The molecule has 0 spiro atoms. The molecule has 1 atom stereocenters. The largest absolute Gasteiger partial charge is 0.488 e. The van der Waals surface area contributed by atoms with Gasteiger partial charge in [0.15, 0.2) is 0 Å². The lowest BCUT2D eigenvalue weighted by Crippen LogP contribution is -2.21. The van der Waals surface area contributed by atoms with E-state index in [9.17, 15) is 13.2 Å². The van der Waals surface area contributed by atoms with Gasteiger partial charge in [0.1, 0.15) is 18.3 Å². The SMILES string of the molecule is FC(F)(F)C1c2ccccc2-c2c1c1c(c3ccccc23)OCC=C1. The zero-order valence-electron chi connectivity index (χ0n) is 13.1. The zero-order chi connectivity index (χ0) is 17.2. The Kier molecular flexibility index (Phi) is 2.85. The van der Waals surface area contributed by atoms with Gasteiger partial charge < -0.3 is 4.74 Å². The van der Waals surface area contributed by atoms with Crippen molar-refractivity contribution in [3.05, 3.63) is 71.3 Å². The van der Waals surface area contributed by atoms with Crippen LogP contribution in [-0.2, 0) is 0 Å². The lowest BCUT2D eigenvalue weighted by molar-refractivity contribution is -0.140. The Morgan fingerprint density at radius 3 is 2.44 bits per heavy atom. The van der Waals surface area contributed by atoms with Gasteiger partial charge in [0.05, 0.1) is 0 Å². The van der Waals surface area contributed by atoms with Crippen LogP contribution in [0.15, 0.2) is 54.6 Å². The summed E-state index contributed by atoms with van der Waals surface area (Å²) in [6.07, 6.45) is -0.814. The van der Waals surface area contributed by atoms with Crippen molar-refractivity contribution in [2.45, 2.75) is 12.1 Å². The summed E-state index contributed by atoms with van der Waals surface area (Å²) in [5.74, 6) is -1.07. The highest BCUT2D eigenvalue weighted by Crippen LogP contribution is 2.57. The Balaban J connectivity index is 2.01. The van der Waals surface area contributed by atoms with Gasteiger partial charge in [0, 0.05) is 10.9 Å². The molecule has 0 saturated carbocycles. The summed E-state index contributed by atoms with van der Waals surface area (Å²) in [5.41, 5.74) is 2.54. The first-order chi connectivity index (χ1) is 12.1. The van der Waals surface area contributed by atoms with Gasteiger partial charge in [-0.25, -0.2) is 0 Å². The Bertz CT molecular complexity index is 1050. The number of hydrogen-bond acceptors (Lipinski definition) is 1. The molecule has 124 valence electrons. The number of benzene rings is 3. The normalized spacial score (nSPS) is 17.8. The van der Waals surface area contributed by atoms with E-state index in [4.69, 9.17) is 4.74 Å². The number of halogens is 3. The maximum atomic E-state index is 14.0. The van der Waals surface area contributed by atoms with Crippen molar-refractivity contribution in [3.8, 4) is 16.9 Å². The maximum absolute atomic E-state index is 14.0. The van der Waals surface area contributed by atoms with Crippen LogP contribution in [0.2, 0.25) is 0 Å². The van der Waals surface area contributed by atoms with Crippen LogP contribution in [0.3, 0.4) is 0 Å². The van der Waals surface area contributed by atoms with Crippen molar-refractivity contribution in [2.75, 3.05) is 6.61 Å². The van der Waals surface area contributed by atoms with Crippen molar-refractivity contribution in [3.63, 3.8) is 0 Å². The van der Waals surface area contributed by atoms with Crippen molar-refractivity contribution >= 4 is 16.8 Å². The molecule has 0 fully saturated rings. The molecule has 0 aromatic heterocycles. The molecule has 1 unspecified atom stereocenters. The standard InChI is InChI=1S/C21H13F3O/c22-21(23,24)19-14-8-3-1-6-12(14)17-13-7-2-4-9-15(13)20-16(18(17)19)10-5-11-25-20/h1-10,19H,11H2. The van der Waals surface area contributed by atoms with E-state index < -0.39 is 12.1 Å². The summed E-state index contributed by atoms with van der Waals surface area (Å²) in [6.45, 7) is 0.374. The molecule has 25 heavy (non-hydrogen) atoms. The Morgan fingerprint density at radius 1 is 0.920 bits per heavy atom. The quantitative estimate of drug-likeness (QED) is 0.494. The minimum atomic E-state index is -4.36. The zero-order valence-corrected chi connectivity index (χ0v) is 13.1. The second-order valence-corrected chi connectivity index (χ2v) is 6.35. The van der Waals surface area contributed by atoms with Gasteiger partial charge >= 0.3 is 6.18 Å². The third-order valence-corrected chi connectivity index (χ3v) is 5.01. The van der Waals surface area contributed by atoms with Gasteiger partial charge in [0.25, 0.3) is 0 Å². The van der Waals surface area contributed by atoms with Crippen LogP contribution >= 0.6 is 0 Å². The van der Waals surface area contributed by atoms with Gasteiger partial charge in [-0.3, -0.25) is 0 Å². The molecule has 3 aromatic carbocycles. The molecule has 1 aliphatic carbocycles. The number of alkyl halides is 3. The first-order valence-corrected chi connectivity index (χ1v) is 8.11. The predicted octanol–water partition coefficient (Wildman–Crippen LogP) is 5.92. The minimum Gasteiger partial charge on any atom is -0.488 e. The van der Waals surface area contributed by atoms with E-state index in [0.717, 1.165) is 10.8 Å². The summed E-state index contributed by atoms with van der Waals surface area (Å²) in [6, 6.07) is 14.4. The molecular formula is C21H13F3O. The van der Waals surface area contributed by atoms with E-state index in [0.29, 0.717) is 40.2 Å². The van der Waals surface area contributed by atoms with E-state index in [1.165, 1.54) is 0 Å². The molecule has 5 rings (SSSR count). The van der Waals surface area contributed by atoms with Gasteiger partial charge in [-0.2, -0.15) is 13.2 Å². The summed E-state index contributed by atoms with van der Waals surface area (Å²) in [5, 5.41) is 1.67. The fourth-order valence-corrected chi connectivity index (χ4v) is 4.13. The highest BCUT2D eigenvalue weighted by molar-refractivity contribution is 6.07. The van der Waals surface area contributed by atoms with E-state index in [-0.39, 0.29) is 0 Å². The van der Waals surface area contributed by atoms with Crippen molar-refractivity contribution in [2.24, 2.45) is 0 Å². The second kappa shape index (κ2) is 4.88. The van der Waals surface area contributed by atoms with Crippen LogP contribution in [0, 0.1) is 0 Å². The third kappa shape index (κ3) is 1.91. The molecule has 2 aliphatic rings. The van der Waals surface area contributed by atoms with Crippen molar-refractivity contribution < 1.29 is 17.9 Å². The Labute approximate surface area is 142 Å². The molecule has 3 aromatic rings. The minimum absolute atomic E-state index is 0.318. The van der Waals surface area contributed by atoms with E-state index in [1.54, 1.807) is 36.4 Å². The number of hydrogen-bond donors (Lipinski definition) is 0. The fourth-order valence-electron chi connectivity index (χ4n) is 4.13. The monoisotopic (exact) mass is 338 g/mol. The van der Waals surface area contributed by atoms with Crippen molar-refractivity contribution in [1.29, 1.82) is 0 Å².